The van der Waals surface area contributed by atoms with Gasteiger partial charge in [-0.25, -0.2) is 0 Å². The maximum Gasteiger partial charge on any atom is 0.303 e. The van der Waals surface area contributed by atoms with Crippen LogP contribution in [-0.2, 0) is 4.79 Å². The first-order valence-corrected chi connectivity index (χ1v) is 5.75. The number of nitrogens with two attached hydrogens (primary N) is 1. The van der Waals surface area contributed by atoms with Gasteiger partial charge in [0.1, 0.15) is 5.75 Å². The number of carboxylic acids is 1. The van der Waals surface area contributed by atoms with Crippen molar-refractivity contribution in [3.05, 3.63) is 30.3 Å². The summed E-state index contributed by atoms with van der Waals surface area (Å²) in [6.07, 6.45) is 0.710. The fourth-order valence-electron chi connectivity index (χ4n) is 1.76. The first-order valence-electron chi connectivity index (χ1n) is 5.75. The maximum absolute atomic E-state index is 10.6. The van der Waals surface area contributed by atoms with Crippen LogP contribution in [0.2, 0.25) is 0 Å². The van der Waals surface area contributed by atoms with Crippen molar-refractivity contribution in [1.82, 2.24) is 0 Å². The van der Waals surface area contributed by atoms with Crippen molar-refractivity contribution in [2.45, 2.75) is 25.9 Å². The molecule has 4 heteroatoms. The summed E-state index contributed by atoms with van der Waals surface area (Å²) >= 11 is 0. The van der Waals surface area contributed by atoms with Crippen LogP contribution in [-0.4, -0.2) is 23.7 Å². The molecule has 0 radical (unpaired) electrons. The van der Waals surface area contributed by atoms with Crippen molar-refractivity contribution in [2.75, 3.05) is 6.54 Å². The van der Waals surface area contributed by atoms with Gasteiger partial charge in [-0.3, -0.25) is 4.79 Å². The van der Waals surface area contributed by atoms with E-state index in [2.05, 4.69) is 0 Å². The molecule has 0 aliphatic rings. The molecule has 0 unspecified atom stereocenters. The number of para-hydroxylation sites is 1. The van der Waals surface area contributed by atoms with Crippen molar-refractivity contribution >= 4 is 5.97 Å². The number of carbonyl (C=O) groups is 1. The molecule has 0 bridgehead atoms. The van der Waals surface area contributed by atoms with Gasteiger partial charge in [0.25, 0.3) is 0 Å². The first-order chi connectivity index (χ1) is 8.11. The molecule has 1 aromatic carbocycles. The van der Waals surface area contributed by atoms with Crippen LogP contribution >= 0.6 is 0 Å². The standard InChI is InChI=1S/C13H19NO3/c1-10(7-11(9-14)8-13(15)16)17-12-5-3-2-4-6-12/h2-6,10-11H,7-9,14H2,1H3,(H,15,16)/t10-,11-/m0/s1. The molecule has 0 spiro atoms. The molecule has 1 aromatic rings. The highest BCUT2D eigenvalue weighted by Gasteiger charge is 2.16. The van der Waals surface area contributed by atoms with E-state index in [1.54, 1.807) is 0 Å². The molecule has 1 rings (SSSR count). The minimum absolute atomic E-state index is 0.0359. The topological polar surface area (TPSA) is 72.6 Å². The second-order valence-corrected chi connectivity index (χ2v) is 4.18. The van der Waals surface area contributed by atoms with Crippen molar-refractivity contribution < 1.29 is 14.6 Å². The summed E-state index contributed by atoms with van der Waals surface area (Å²) in [4.78, 5) is 10.6. The Morgan fingerprint density at radius 2 is 2.06 bits per heavy atom. The highest BCUT2D eigenvalue weighted by atomic mass is 16.5. The van der Waals surface area contributed by atoms with Crippen LogP contribution in [0, 0.1) is 5.92 Å². The Hall–Kier alpha value is -1.55. The lowest BCUT2D eigenvalue weighted by Gasteiger charge is -2.19. The van der Waals surface area contributed by atoms with Crippen LogP contribution in [0.4, 0.5) is 0 Å². The summed E-state index contributed by atoms with van der Waals surface area (Å²) in [6, 6.07) is 9.49. The number of rotatable bonds is 7. The van der Waals surface area contributed by atoms with Gasteiger partial charge in [0.05, 0.1) is 6.10 Å². The smallest absolute Gasteiger partial charge is 0.303 e. The van der Waals surface area contributed by atoms with Crippen LogP contribution < -0.4 is 10.5 Å². The third-order valence-electron chi connectivity index (χ3n) is 2.54. The molecule has 0 aliphatic heterocycles. The quantitative estimate of drug-likeness (QED) is 0.759. The van der Waals surface area contributed by atoms with E-state index < -0.39 is 5.97 Å². The Morgan fingerprint density at radius 1 is 1.41 bits per heavy atom. The second-order valence-electron chi connectivity index (χ2n) is 4.18. The first kappa shape index (κ1) is 13.5. The fraction of sp³-hybridized carbons (Fsp3) is 0.462. The van der Waals surface area contributed by atoms with E-state index in [-0.39, 0.29) is 18.4 Å². The van der Waals surface area contributed by atoms with Gasteiger partial charge in [-0.1, -0.05) is 18.2 Å². The zero-order valence-electron chi connectivity index (χ0n) is 10.0. The molecule has 0 aromatic heterocycles. The van der Waals surface area contributed by atoms with E-state index in [9.17, 15) is 4.79 Å². The molecule has 17 heavy (non-hydrogen) atoms. The van der Waals surface area contributed by atoms with E-state index in [0.29, 0.717) is 13.0 Å². The third kappa shape index (κ3) is 5.36. The lowest BCUT2D eigenvalue weighted by molar-refractivity contribution is -0.138. The number of aliphatic carboxylic acids is 1. The summed E-state index contributed by atoms with van der Waals surface area (Å²) in [7, 11) is 0. The molecule has 0 fully saturated rings. The predicted octanol–water partition coefficient (Wildman–Crippen LogP) is 1.89. The third-order valence-corrected chi connectivity index (χ3v) is 2.54. The van der Waals surface area contributed by atoms with E-state index in [0.717, 1.165) is 5.75 Å². The highest BCUT2D eigenvalue weighted by molar-refractivity contribution is 5.67. The Bertz CT molecular complexity index is 340. The molecular formula is C13H19NO3. The summed E-state index contributed by atoms with van der Waals surface area (Å²) < 4.78 is 5.68. The average molecular weight is 237 g/mol. The molecule has 2 atom stereocenters. The Kier molecular flexibility index (Phi) is 5.49. The monoisotopic (exact) mass is 237 g/mol. The summed E-state index contributed by atoms with van der Waals surface area (Å²) in [6.45, 7) is 2.30. The lowest BCUT2D eigenvalue weighted by atomic mass is 9.99. The normalized spacial score (nSPS) is 14.0. The largest absolute Gasteiger partial charge is 0.491 e. The average Bonchev–Trinajstić information content (AvgIpc) is 2.28. The van der Waals surface area contributed by atoms with Crippen LogP contribution in [0.1, 0.15) is 19.8 Å². The van der Waals surface area contributed by atoms with E-state index in [1.165, 1.54) is 0 Å². The molecule has 0 saturated heterocycles. The van der Waals surface area contributed by atoms with Gasteiger partial charge in [-0.2, -0.15) is 0 Å². The van der Waals surface area contributed by atoms with Crippen molar-refractivity contribution in [3.63, 3.8) is 0 Å². The molecule has 4 nitrogen and oxygen atoms in total. The lowest BCUT2D eigenvalue weighted by Crippen LogP contribution is -2.24. The van der Waals surface area contributed by atoms with Crippen LogP contribution in [0.15, 0.2) is 30.3 Å². The van der Waals surface area contributed by atoms with Gasteiger partial charge in [-0.05, 0) is 37.9 Å². The van der Waals surface area contributed by atoms with Crippen molar-refractivity contribution in [2.24, 2.45) is 11.7 Å². The minimum atomic E-state index is -0.813. The molecular weight excluding hydrogens is 218 g/mol. The van der Waals surface area contributed by atoms with Crippen LogP contribution in [0.5, 0.6) is 5.75 Å². The van der Waals surface area contributed by atoms with Gasteiger partial charge >= 0.3 is 5.97 Å². The van der Waals surface area contributed by atoms with E-state index >= 15 is 0 Å². The number of hydrogen-bond acceptors (Lipinski definition) is 3. The molecule has 0 amide bonds. The molecule has 94 valence electrons. The number of ether oxygens (including phenoxy) is 1. The zero-order valence-corrected chi connectivity index (χ0v) is 10.0. The minimum Gasteiger partial charge on any atom is -0.491 e. The summed E-state index contributed by atoms with van der Waals surface area (Å²) in [5, 5.41) is 8.72. The molecule has 0 saturated carbocycles. The van der Waals surface area contributed by atoms with E-state index in [1.807, 2.05) is 37.3 Å². The van der Waals surface area contributed by atoms with Gasteiger partial charge in [0, 0.05) is 6.42 Å². The number of hydrogen-bond donors (Lipinski definition) is 2. The van der Waals surface area contributed by atoms with Crippen molar-refractivity contribution in [3.8, 4) is 5.75 Å². The highest BCUT2D eigenvalue weighted by Crippen LogP contribution is 2.16. The SMILES string of the molecule is C[C@@H](C[C@H](CN)CC(=O)O)Oc1ccccc1. The Labute approximate surface area is 101 Å². The Morgan fingerprint density at radius 3 is 2.59 bits per heavy atom. The van der Waals surface area contributed by atoms with Gasteiger partial charge in [0.15, 0.2) is 0 Å². The summed E-state index contributed by atoms with van der Waals surface area (Å²) in [5.41, 5.74) is 5.54. The van der Waals surface area contributed by atoms with Crippen LogP contribution in [0.3, 0.4) is 0 Å². The fourth-order valence-corrected chi connectivity index (χ4v) is 1.76. The van der Waals surface area contributed by atoms with E-state index in [4.69, 9.17) is 15.6 Å². The molecule has 0 aliphatic carbocycles. The molecule has 0 heterocycles. The van der Waals surface area contributed by atoms with Crippen molar-refractivity contribution in [1.29, 1.82) is 0 Å². The predicted molar refractivity (Wildman–Crippen MR) is 65.9 cm³/mol. The van der Waals surface area contributed by atoms with Gasteiger partial charge in [-0.15, -0.1) is 0 Å². The zero-order chi connectivity index (χ0) is 12.7. The summed E-state index contributed by atoms with van der Waals surface area (Å²) in [5.74, 6) is -0.0512. The second kappa shape index (κ2) is 6.91. The Balaban J connectivity index is 2.42. The number of benzene rings is 1. The van der Waals surface area contributed by atoms with Gasteiger partial charge < -0.3 is 15.6 Å². The maximum atomic E-state index is 10.6. The number of carboxylic acid groups (broad SMARTS) is 1. The van der Waals surface area contributed by atoms with Crippen LogP contribution in [0.25, 0.3) is 0 Å². The van der Waals surface area contributed by atoms with Gasteiger partial charge in [0.2, 0.25) is 0 Å². The molecule has 3 N–H and O–H groups in total.